The number of halogens is 1. The zero-order valence-electron chi connectivity index (χ0n) is 12.9. The quantitative estimate of drug-likeness (QED) is 0.776. The molecule has 2 aliphatic heterocycles. The largest absolute Gasteiger partial charge is 0.352 e. The van der Waals surface area contributed by atoms with Gasteiger partial charge in [0.2, 0.25) is 11.8 Å². The van der Waals surface area contributed by atoms with Crippen molar-refractivity contribution >= 4 is 24.2 Å². The molecule has 0 spiro atoms. The Hall–Kier alpha value is -0.810. The number of carbonyl (C=O) groups excluding carboxylic acids is 2. The van der Waals surface area contributed by atoms with Crippen molar-refractivity contribution in [1.82, 2.24) is 15.5 Å². The number of hydrogen-bond acceptors (Lipinski definition) is 3. The van der Waals surface area contributed by atoms with Gasteiger partial charge in [-0.25, -0.2) is 0 Å². The average molecular weight is 318 g/mol. The van der Waals surface area contributed by atoms with Crippen LogP contribution in [0.25, 0.3) is 0 Å². The highest BCUT2D eigenvalue weighted by Gasteiger charge is 2.22. The average Bonchev–Trinajstić information content (AvgIpc) is 2.83. The highest BCUT2D eigenvalue weighted by molar-refractivity contribution is 5.85. The molecule has 122 valence electrons. The van der Waals surface area contributed by atoms with E-state index < -0.39 is 0 Å². The number of nitrogens with one attached hydrogen (secondary N) is 2. The predicted molar refractivity (Wildman–Crippen MR) is 85.5 cm³/mol. The second-order valence-corrected chi connectivity index (χ2v) is 6.14. The van der Waals surface area contributed by atoms with Gasteiger partial charge in [0.1, 0.15) is 0 Å². The maximum absolute atomic E-state index is 11.9. The second-order valence-electron chi connectivity index (χ2n) is 6.14. The van der Waals surface area contributed by atoms with Crippen molar-refractivity contribution in [3.63, 3.8) is 0 Å². The minimum Gasteiger partial charge on any atom is -0.352 e. The van der Waals surface area contributed by atoms with E-state index in [-0.39, 0.29) is 30.3 Å². The molecule has 2 rings (SSSR count). The van der Waals surface area contributed by atoms with E-state index in [0.29, 0.717) is 25.3 Å². The Balaban J connectivity index is 0.00000220. The Labute approximate surface area is 133 Å². The van der Waals surface area contributed by atoms with Gasteiger partial charge in [-0.1, -0.05) is 0 Å². The summed E-state index contributed by atoms with van der Waals surface area (Å²) < 4.78 is 0. The van der Waals surface area contributed by atoms with Gasteiger partial charge in [-0.2, -0.15) is 0 Å². The molecule has 0 aromatic carbocycles. The van der Waals surface area contributed by atoms with Crippen molar-refractivity contribution in [2.75, 3.05) is 26.2 Å². The van der Waals surface area contributed by atoms with Gasteiger partial charge in [-0.15, -0.1) is 12.4 Å². The van der Waals surface area contributed by atoms with E-state index >= 15 is 0 Å². The van der Waals surface area contributed by atoms with Crippen LogP contribution in [-0.4, -0.2) is 48.9 Å². The van der Waals surface area contributed by atoms with Crippen LogP contribution in [0.4, 0.5) is 0 Å². The molecule has 0 aromatic rings. The SMILES string of the molecule is CC(CN1CCCC1=O)NC(=O)CCC1CCNCC1.Cl. The third kappa shape index (κ3) is 6.22. The molecule has 0 aromatic heterocycles. The maximum atomic E-state index is 11.9. The Bertz CT molecular complexity index is 346. The molecule has 1 unspecified atom stereocenters. The third-order valence-electron chi connectivity index (χ3n) is 4.31. The molecule has 2 amide bonds. The van der Waals surface area contributed by atoms with Crippen molar-refractivity contribution in [2.45, 2.75) is 51.5 Å². The summed E-state index contributed by atoms with van der Waals surface area (Å²) in [5.74, 6) is 1.04. The van der Waals surface area contributed by atoms with Gasteiger partial charge in [-0.05, 0) is 51.6 Å². The minimum atomic E-state index is 0. The van der Waals surface area contributed by atoms with Crippen LogP contribution < -0.4 is 10.6 Å². The fourth-order valence-electron chi connectivity index (χ4n) is 3.13. The lowest BCUT2D eigenvalue weighted by Crippen LogP contribution is -2.42. The van der Waals surface area contributed by atoms with Gasteiger partial charge < -0.3 is 15.5 Å². The topological polar surface area (TPSA) is 61.4 Å². The number of carbonyl (C=O) groups is 2. The van der Waals surface area contributed by atoms with Crippen LogP contribution >= 0.6 is 12.4 Å². The van der Waals surface area contributed by atoms with Gasteiger partial charge in [0, 0.05) is 32.0 Å². The number of hydrogen-bond donors (Lipinski definition) is 2. The van der Waals surface area contributed by atoms with Crippen LogP contribution in [0.2, 0.25) is 0 Å². The van der Waals surface area contributed by atoms with Crippen LogP contribution in [0.15, 0.2) is 0 Å². The molecular formula is C15H28ClN3O2. The van der Waals surface area contributed by atoms with Crippen LogP contribution in [0.1, 0.15) is 45.4 Å². The predicted octanol–water partition coefficient (Wildman–Crippen LogP) is 1.32. The third-order valence-corrected chi connectivity index (χ3v) is 4.31. The monoisotopic (exact) mass is 317 g/mol. The minimum absolute atomic E-state index is 0. The first-order chi connectivity index (χ1) is 9.65. The molecule has 2 fully saturated rings. The van der Waals surface area contributed by atoms with Crippen LogP contribution in [0.3, 0.4) is 0 Å². The summed E-state index contributed by atoms with van der Waals surface area (Å²) in [4.78, 5) is 25.3. The van der Waals surface area contributed by atoms with Crippen LogP contribution in [0, 0.1) is 5.92 Å². The van der Waals surface area contributed by atoms with Gasteiger partial charge >= 0.3 is 0 Å². The highest BCUT2D eigenvalue weighted by Crippen LogP contribution is 2.17. The second kappa shape index (κ2) is 9.26. The van der Waals surface area contributed by atoms with Crippen LogP contribution in [0.5, 0.6) is 0 Å². The maximum Gasteiger partial charge on any atom is 0.222 e. The molecule has 5 nitrogen and oxygen atoms in total. The number of piperidine rings is 1. The molecule has 0 radical (unpaired) electrons. The van der Waals surface area contributed by atoms with E-state index in [1.54, 1.807) is 0 Å². The first kappa shape index (κ1) is 18.2. The summed E-state index contributed by atoms with van der Waals surface area (Å²) in [5, 5.41) is 6.36. The van der Waals surface area contributed by atoms with E-state index in [4.69, 9.17) is 0 Å². The van der Waals surface area contributed by atoms with Gasteiger partial charge in [0.15, 0.2) is 0 Å². The first-order valence-corrected chi connectivity index (χ1v) is 7.93. The normalized spacial score (nSPS) is 21.0. The zero-order valence-corrected chi connectivity index (χ0v) is 13.7. The lowest BCUT2D eigenvalue weighted by atomic mass is 9.93. The lowest BCUT2D eigenvalue weighted by Gasteiger charge is -2.24. The number of nitrogens with zero attached hydrogens (tertiary/aromatic N) is 1. The Morgan fingerprint density at radius 3 is 2.76 bits per heavy atom. The zero-order chi connectivity index (χ0) is 14.4. The van der Waals surface area contributed by atoms with Gasteiger partial charge in [0.25, 0.3) is 0 Å². The molecule has 2 aliphatic rings. The Morgan fingerprint density at radius 1 is 1.43 bits per heavy atom. The molecule has 2 saturated heterocycles. The molecule has 0 bridgehead atoms. The molecule has 0 saturated carbocycles. The summed E-state index contributed by atoms with van der Waals surface area (Å²) in [6.45, 7) is 5.64. The Kier molecular flexibility index (Phi) is 8.04. The van der Waals surface area contributed by atoms with E-state index in [0.717, 1.165) is 32.5 Å². The van der Waals surface area contributed by atoms with Crippen molar-refractivity contribution in [1.29, 1.82) is 0 Å². The standard InChI is InChI=1S/C15H27N3O2.ClH/c1-12(11-18-10-2-3-15(18)20)17-14(19)5-4-13-6-8-16-9-7-13;/h12-13,16H,2-11H2,1H3,(H,17,19);1H. The molecule has 2 heterocycles. The van der Waals surface area contributed by atoms with E-state index in [2.05, 4.69) is 10.6 Å². The summed E-state index contributed by atoms with van der Waals surface area (Å²) in [5.41, 5.74) is 0. The molecule has 2 N–H and O–H groups in total. The molecule has 21 heavy (non-hydrogen) atoms. The van der Waals surface area contributed by atoms with Gasteiger partial charge in [0.05, 0.1) is 0 Å². The highest BCUT2D eigenvalue weighted by atomic mass is 35.5. The number of amides is 2. The van der Waals surface area contributed by atoms with Crippen molar-refractivity contribution in [2.24, 2.45) is 5.92 Å². The van der Waals surface area contributed by atoms with Crippen LogP contribution in [-0.2, 0) is 9.59 Å². The number of likely N-dealkylation sites (tertiary alicyclic amines) is 1. The fraction of sp³-hybridized carbons (Fsp3) is 0.867. The van der Waals surface area contributed by atoms with E-state index in [1.165, 1.54) is 12.8 Å². The lowest BCUT2D eigenvalue weighted by molar-refractivity contribution is -0.129. The Morgan fingerprint density at radius 2 is 2.14 bits per heavy atom. The van der Waals surface area contributed by atoms with E-state index in [9.17, 15) is 9.59 Å². The summed E-state index contributed by atoms with van der Waals surface area (Å²) in [6, 6.07) is 0.0533. The summed E-state index contributed by atoms with van der Waals surface area (Å²) >= 11 is 0. The van der Waals surface area contributed by atoms with Crippen molar-refractivity contribution in [3.8, 4) is 0 Å². The molecule has 6 heteroatoms. The molecule has 0 aliphatic carbocycles. The van der Waals surface area contributed by atoms with Crippen molar-refractivity contribution < 1.29 is 9.59 Å². The molecule has 1 atom stereocenters. The van der Waals surface area contributed by atoms with E-state index in [1.807, 2.05) is 11.8 Å². The fourth-order valence-corrected chi connectivity index (χ4v) is 3.13. The van der Waals surface area contributed by atoms with Gasteiger partial charge in [-0.3, -0.25) is 9.59 Å². The summed E-state index contributed by atoms with van der Waals surface area (Å²) in [6.07, 6.45) is 5.59. The summed E-state index contributed by atoms with van der Waals surface area (Å²) in [7, 11) is 0. The number of rotatable bonds is 6. The molecular weight excluding hydrogens is 290 g/mol. The first-order valence-electron chi connectivity index (χ1n) is 7.93. The van der Waals surface area contributed by atoms with Crippen molar-refractivity contribution in [3.05, 3.63) is 0 Å². The smallest absolute Gasteiger partial charge is 0.222 e.